The van der Waals surface area contributed by atoms with E-state index in [9.17, 15) is 4.79 Å². The van der Waals surface area contributed by atoms with Gasteiger partial charge in [0.05, 0.1) is 5.25 Å². The van der Waals surface area contributed by atoms with Crippen molar-refractivity contribution in [2.75, 3.05) is 0 Å². The van der Waals surface area contributed by atoms with Crippen LogP contribution in [-0.4, -0.2) is 25.8 Å². The van der Waals surface area contributed by atoms with E-state index < -0.39 is 0 Å². The maximum Gasteiger partial charge on any atom is 0.196 e. The van der Waals surface area contributed by atoms with Crippen LogP contribution < -0.4 is 0 Å². The Kier molecular flexibility index (Phi) is 5.25. The third-order valence-corrected chi connectivity index (χ3v) is 5.13. The standard InChI is InChI=1S/C19H18ClN3OS/c1-12-5-4-6-17(11-12)23-14(3)21-22-19(23)25-13(2)18(24)15-7-9-16(20)10-8-15/h4-11,13H,1-3H3. The van der Waals surface area contributed by atoms with E-state index in [0.29, 0.717) is 15.7 Å². The number of aryl methyl sites for hydroxylation is 2. The summed E-state index contributed by atoms with van der Waals surface area (Å²) in [6.07, 6.45) is 0. The van der Waals surface area contributed by atoms with Gasteiger partial charge >= 0.3 is 0 Å². The summed E-state index contributed by atoms with van der Waals surface area (Å²) in [5.41, 5.74) is 2.80. The van der Waals surface area contributed by atoms with Gasteiger partial charge in [-0.3, -0.25) is 9.36 Å². The number of hydrogen-bond acceptors (Lipinski definition) is 4. The molecule has 0 radical (unpaired) electrons. The number of hydrogen-bond donors (Lipinski definition) is 0. The van der Waals surface area contributed by atoms with Gasteiger partial charge in [-0.1, -0.05) is 35.5 Å². The van der Waals surface area contributed by atoms with Crippen LogP contribution in [0.15, 0.2) is 53.7 Å². The highest BCUT2D eigenvalue weighted by molar-refractivity contribution is 8.00. The van der Waals surface area contributed by atoms with E-state index in [4.69, 9.17) is 11.6 Å². The van der Waals surface area contributed by atoms with E-state index >= 15 is 0 Å². The normalized spacial score (nSPS) is 12.2. The van der Waals surface area contributed by atoms with Gasteiger partial charge < -0.3 is 0 Å². The summed E-state index contributed by atoms with van der Waals surface area (Å²) >= 11 is 7.30. The van der Waals surface area contributed by atoms with Crippen molar-refractivity contribution in [1.82, 2.24) is 14.8 Å². The van der Waals surface area contributed by atoms with Crippen molar-refractivity contribution < 1.29 is 4.79 Å². The van der Waals surface area contributed by atoms with Crippen LogP contribution in [0.2, 0.25) is 5.02 Å². The van der Waals surface area contributed by atoms with E-state index in [1.54, 1.807) is 24.3 Å². The predicted molar refractivity (Wildman–Crippen MR) is 102 cm³/mol. The summed E-state index contributed by atoms with van der Waals surface area (Å²) in [5.74, 6) is 0.831. The third kappa shape index (κ3) is 3.94. The highest BCUT2D eigenvalue weighted by Crippen LogP contribution is 2.28. The van der Waals surface area contributed by atoms with E-state index in [1.165, 1.54) is 11.8 Å². The topological polar surface area (TPSA) is 47.8 Å². The van der Waals surface area contributed by atoms with Gasteiger partial charge in [0.25, 0.3) is 0 Å². The molecule has 3 rings (SSSR count). The van der Waals surface area contributed by atoms with E-state index in [0.717, 1.165) is 17.1 Å². The number of halogens is 1. The lowest BCUT2D eigenvalue weighted by atomic mass is 10.1. The SMILES string of the molecule is Cc1cccc(-n2c(C)nnc2SC(C)C(=O)c2ccc(Cl)cc2)c1. The van der Waals surface area contributed by atoms with Crippen molar-refractivity contribution in [3.8, 4) is 5.69 Å². The molecule has 0 aliphatic heterocycles. The molecule has 0 saturated heterocycles. The smallest absolute Gasteiger partial charge is 0.196 e. The first kappa shape index (κ1) is 17.7. The Hall–Kier alpha value is -2.11. The molecule has 0 aliphatic rings. The van der Waals surface area contributed by atoms with Gasteiger partial charge in [-0.25, -0.2) is 0 Å². The Morgan fingerprint density at radius 1 is 1.12 bits per heavy atom. The van der Waals surface area contributed by atoms with E-state index in [-0.39, 0.29) is 11.0 Å². The zero-order valence-corrected chi connectivity index (χ0v) is 15.8. The quantitative estimate of drug-likeness (QED) is 0.472. The van der Waals surface area contributed by atoms with Crippen LogP contribution in [0.5, 0.6) is 0 Å². The summed E-state index contributed by atoms with van der Waals surface area (Å²) in [6.45, 7) is 5.83. The van der Waals surface area contributed by atoms with Crippen molar-refractivity contribution >= 4 is 29.1 Å². The fourth-order valence-electron chi connectivity index (χ4n) is 2.54. The lowest BCUT2D eigenvalue weighted by Gasteiger charge is -2.12. The van der Waals surface area contributed by atoms with Gasteiger partial charge in [-0.15, -0.1) is 10.2 Å². The molecule has 3 aromatic rings. The summed E-state index contributed by atoms with van der Waals surface area (Å²) in [5, 5.41) is 9.48. The predicted octanol–water partition coefficient (Wildman–Crippen LogP) is 4.90. The number of benzene rings is 2. The number of rotatable bonds is 5. The minimum atomic E-state index is -0.284. The zero-order valence-electron chi connectivity index (χ0n) is 14.2. The number of carbonyl (C=O) groups is 1. The molecule has 0 N–H and O–H groups in total. The molecule has 1 aromatic heterocycles. The Morgan fingerprint density at radius 3 is 2.52 bits per heavy atom. The van der Waals surface area contributed by atoms with Gasteiger partial charge in [0.2, 0.25) is 0 Å². The summed E-state index contributed by atoms with van der Waals surface area (Å²) in [4.78, 5) is 12.6. The van der Waals surface area contributed by atoms with Crippen LogP contribution in [0, 0.1) is 13.8 Å². The average molecular weight is 372 g/mol. The molecular formula is C19H18ClN3OS. The third-order valence-electron chi connectivity index (χ3n) is 3.84. The van der Waals surface area contributed by atoms with E-state index in [1.807, 2.05) is 43.5 Å². The van der Waals surface area contributed by atoms with Crippen molar-refractivity contribution in [2.24, 2.45) is 0 Å². The molecule has 1 heterocycles. The first-order valence-corrected chi connectivity index (χ1v) is 9.17. The van der Waals surface area contributed by atoms with Gasteiger partial charge in [-0.05, 0) is 62.7 Å². The zero-order chi connectivity index (χ0) is 18.0. The highest BCUT2D eigenvalue weighted by atomic mass is 35.5. The first-order chi connectivity index (χ1) is 12.0. The average Bonchev–Trinajstić information content (AvgIpc) is 2.95. The Bertz CT molecular complexity index is 905. The molecule has 6 heteroatoms. The Balaban J connectivity index is 1.86. The van der Waals surface area contributed by atoms with Gasteiger partial charge in [0.1, 0.15) is 5.82 Å². The summed E-state index contributed by atoms with van der Waals surface area (Å²) in [7, 11) is 0. The Morgan fingerprint density at radius 2 is 1.84 bits per heavy atom. The largest absolute Gasteiger partial charge is 0.293 e. The molecule has 0 aliphatic carbocycles. The molecule has 128 valence electrons. The molecule has 1 atom stereocenters. The van der Waals surface area contributed by atoms with Crippen molar-refractivity contribution in [2.45, 2.75) is 31.2 Å². The Labute approximate surface area is 156 Å². The molecule has 1 unspecified atom stereocenters. The molecule has 2 aromatic carbocycles. The number of ketones is 1. The number of nitrogens with zero attached hydrogens (tertiary/aromatic N) is 3. The number of thioether (sulfide) groups is 1. The lowest BCUT2D eigenvalue weighted by Crippen LogP contribution is -2.14. The summed E-state index contributed by atoms with van der Waals surface area (Å²) < 4.78 is 1.98. The molecule has 25 heavy (non-hydrogen) atoms. The molecular weight excluding hydrogens is 354 g/mol. The highest BCUT2D eigenvalue weighted by Gasteiger charge is 2.21. The molecule has 4 nitrogen and oxygen atoms in total. The molecule has 0 saturated carbocycles. The fraction of sp³-hybridized carbons (Fsp3) is 0.211. The molecule has 0 amide bonds. The lowest BCUT2D eigenvalue weighted by molar-refractivity contribution is 0.0994. The second-order valence-corrected chi connectivity index (χ2v) is 7.58. The van der Waals surface area contributed by atoms with Crippen LogP contribution in [0.3, 0.4) is 0 Å². The fourth-order valence-corrected chi connectivity index (χ4v) is 3.66. The maximum atomic E-state index is 12.6. The number of Topliss-reactive ketones (excluding diaryl/α,β-unsaturated/α-hetero) is 1. The molecule has 0 fully saturated rings. The van der Waals surface area contributed by atoms with Crippen LogP contribution in [0.4, 0.5) is 0 Å². The van der Waals surface area contributed by atoms with Crippen molar-refractivity contribution in [1.29, 1.82) is 0 Å². The van der Waals surface area contributed by atoms with Crippen LogP contribution in [0.1, 0.15) is 28.7 Å². The minimum absolute atomic E-state index is 0.0399. The maximum absolute atomic E-state index is 12.6. The monoisotopic (exact) mass is 371 g/mol. The van der Waals surface area contributed by atoms with Gasteiger partial charge in [0, 0.05) is 16.3 Å². The number of aromatic nitrogens is 3. The number of carbonyl (C=O) groups excluding carboxylic acids is 1. The summed E-state index contributed by atoms with van der Waals surface area (Å²) in [6, 6.07) is 15.1. The van der Waals surface area contributed by atoms with Gasteiger partial charge in [0.15, 0.2) is 10.9 Å². The second kappa shape index (κ2) is 7.42. The van der Waals surface area contributed by atoms with Crippen molar-refractivity contribution in [3.05, 3.63) is 70.5 Å². The first-order valence-electron chi connectivity index (χ1n) is 7.91. The second-order valence-electron chi connectivity index (χ2n) is 5.84. The van der Waals surface area contributed by atoms with E-state index in [2.05, 4.69) is 16.3 Å². The minimum Gasteiger partial charge on any atom is -0.293 e. The molecule has 0 spiro atoms. The van der Waals surface area contributed by atoms with Crippen LogP contribution in [0.25, 0.3) is 5.69 Å². The van der Waals surface area contributed by atoms with Crippen molar-refractivity contribution in [3.63, 3.8) is 0 Å². The van der Waals surface area contributed by atoms with Gasteiger partial charge in [-0.2, -0.15) is 0 Å². The van der Waals surface area contributed by atoms with Crippen LogP contribution in [-0.2, 0) is 0 Å². The van der Waals surface area contributed by atoms with Crippen LogP contribution >= 0.6 is 23.4 Å². The molecule has 0 bridgehead atoms.